The van der Waals surface area contributed by atoms with E-state index in [1.54, 1.807) is 0 Å². The molecular formula is C13H24N2O2. The van der Waals surface area contributed by atoms with Gasteiger partial charge in [-0.1, -0.05) is 0 Å². The Morgan fingerprint density at radius 2 is 2.00 bits per heavy atom. The Morgan fingerprint density at radius 1 is 1.29 bits per heavy atom. The molecule has 1 amide bonds. The van der Waals surface area contributed by atoms with Gasteiger partial charge in [-0.25, -0.2) is 0 Å². The minimum Gasteiger partial charge on any atom is -0.390 e. The molecule has 2 aliphatic heterocycles. The maximum Gasteiger partial charge on any atom is 0.225 e. The minimum atomic E-state index is -0.580. The summed E-state index contributed by atoms with van der Waals surface area (Å²) in [4.78, 5) is 14.3. The van der Waals surface area contributed by atoms with Crippen LogP contribution in [0.1, 0.15) is 39.0 Å². The Balaban J connectivity index is 1.90. The summed E-state index contributed by atoms with van der Waals surface area (Å²) >= 11 is 0. The molecule has 0 aromatic heterocycles. The minimum absolute atomic E-state index is 0.208. The van der Waals surface area contributed by atoms with Crippen LogP contribution in [0.4, 0.5) is 0 Å². The molecule has 1 atom stereocenters. The lowest BCUT2D eigenvalue weighted by Crippen LogP contribution is -2.41. The summed E-state index contributed by atoms with van der Waals surface area (Å²) in [5, 5.41) is 13.3. The molecule has 4 heteroatoms. The van der Waals surface area contributed by atoms with Gasteiger partial charge in [-0.3, -0.25) is 4.79 Å². The lowest BCUT2D eigenvalue weighted by Gasteiger charge is -2.29. The summed E-state index contributed by atoms with van der Waals surface area (Å²) < 4.78 is 0. The summed E-state index contributed by atoms with van der Waals surface area (Å²) in [5.74, 6) is 0.517. The fourth-order valence-electron chi connectivity index (χ4n) is 2.81. The van der Waals surface area contributed by atoms with E-state index in [1.165, 1.54) is 0 Å². The largest absolute Gasteiger partial charge is 0.390 e. The number of piperidine rings is 1. The predicted molar refractivity (Wildman–Crippen MR) is 66.6 cm³/mol. The highest BCUT2D eigenvalue weighted by molar-refractivity contribution is 5.79. The van der Waals surface area contributed by atoms with Gasteiger partial charge in [0, 0.05) is 19.0 Å². The van der Waals surface area contributed by atoms with Crippen molar-refractivity contribution in [3.63, 3.8) is 0 Å². The van der Waals surface area contributed by atoms with Crippen molar-refractivity contribution in [2.45, 2.75) is 44.6 Å². The van der Waals surface area contributed by atoms with Gasteiger partial charge >= 0.3 is 0 Å². The van der Waals surface area contributed by atoms with Gasteiger partial charge in [-0.2, -0.15) is 0 Å². The lowest BCUT2D eigenvalue weighted by molar-refractivity contribution is -0.136. The average molecular weight is 240 g/mol. The average Bonchev–Trinajstić information content (AvgIpc) is 2.50. The molecule has 0 aromatic carbocycles. The fourth-order valence-corrected chi connectivity index (χ4v) is 2.81. The number of rotatable bonds is 1. The smallest absolute Gasteiger partial charge is 0.225 e. The van der Waals surface area contributed by atoms with Crippen molar-refractivity contribution in [1.82, 2.24) is 10.2 Å². The molecule has 2 rings (SSSR count). The second kappa shape index (κ2) is 5.36. The highest BCUT2D eigenvalue weighted by Gasteiger charge is 2.30. The van der Waals surface area contributed by atoms with Gasteiger partial charge in [0.05, 0.1) is 5.60 Å². The van der Waals surface area contributed by atoms with E-state index in [0.29, 0.717) is 12.3 Å². The maximum atomic E-state index is 12.3. The van der Waals surface area contributed by atoms with Crippen LogP contribution in [-0.2, 0) is 4.79 Å². The van der Waals surface area contributed by atoms with E-state index in [9.17, 15) is 9.90 Å². The summed E-state index contributed by atoms with van der Waals surface area (Å²) in [6, 6.07) is 0. The monoisotopic (exact) mass is 240 g/mol. The number of hydrogen-bond donors (Lipinski definition) is 2. The number of amides is 1. The molecule has 2 heterocycles. The van der Waals surface area contributed by atoms with Gasteiger partial charge in [0.2, 0.25) is 5.91 Å². The zero-order valence-electron chi connectivity index (χ0n) is 10.7. The zero-order valence-corrected chi connectivity index (χ0v) is 10.7. The fraction of sp³-hybridized carbons (Fsp3) is 0.923. The molecule has 2 fully saturated rings. The van der Waals surface area contributed by atoms with E-state index in [4.69, 9.17) is 0 Å². The topological polar surface area (TPSA) is 52.6 Å². The Morgan fingerprint density at radius 3 is 2.71 bits per heavy atom. The molecule has 1 unspecified atom stereocenters. The second-order valence-electron chi connectivity index (χ2n) is 5.70. The number of hydrogen-bond acceptors (Lipinski definition) is 3. The first-order chi connectivity index (χ1) is 8.08. The van der Waals surface area contributed by atoms with Crippen LogP contribution in [0.2, 0.25) is 0 Å². The van der Waals surface area contributed by atoms with E-state index in [0.717, 1.165) is 51.9 Å². The van der Waals surface area contributed by atoms with Gasteiger partial charge in [0.15, 0.2) is 0 Å². The van der Waals surface area contributed by atoms with Crippen LogP contribution in [0.5, 0.6) is 0 Å². The Bertz CT molecular complexity index is 273. The number of likely N-dealkylation sites (tertiary alicyclic amines) is 1. The molecule has 17 heavy (non-hydrogen) atoms. The van der Waals surface area contributed by atoms with E-state index < -0.39 is 5.60 Å². The molecule has 2 saturated heterocycles. The summed E-state index contributed by atoms with van der Waals surface area (Å²) in [6.45, 7) is 5.34. The first-order valence-electron chi connectivity index (χ1n) is 6.80. The summed E-state index contributed by atoms with van der Waals surface area (Å²) in [5.41, 5.74) is -0.580. The normalized spacial score (nSPS) is 32.2. The molecule has 2 aliphatic rings. The van der Waals surface area contributed by atoms with Crippen LogP contribution in [0.3, 0.4) is 0 Å². The molecule has 98 valence electrons. The van der Waals surface area contributed by atoms with Crippen LogP contribution >= 0.6 is 0 Å². The molecule has 0 aliphatic carbocycles. The van der Waals surface area contributed by atoms with Crippen molar-refractivity contribution < 1.29 is 9.90 Å². The number of nitrogens with one attached hydrogen (secondary N) is 1. The van der Waals surface area contributed by atoms with Crippen molar-refractivity contribution in [2.75, 3.05) is 26.2 Å². The standard InChI is InChI=1S/C13H24N2O2/c1-13(17)5-2-9-15(10-6-13)12(16)11-3-7-14-8-4-11/h11,14,17H,2-10H2,1H3. The molecule has 0 saturated carbocycles. The van der Waals surface area contributed by atoms with E-state index in [-0.39, 0.29) is 5.92 Å². The Kier molecular flexibility index (Phi) is 4.05. The first kappa shape index (κ1) is 12.8. The summed E-state index contributed by atoms with van der Waals surface area (Å²) in [7, 11) is 0. The van der Waals surface area contributed by atoms with Crippen LogP contribution in [0.25, 0.3) is 0 Å². The van der Waals surface area contributed by atoms with E-state index in [1.807, 2.05) is 11.8 Å². The van der Waals surface area contributed by atoms with Gasteiger partial charge < -0.3 is 15.3 Å². The second-order valence-corrected chi connectivity index (χ2v) is 5.70. The number of carbonyl (C=O) groups is 1. The van der Waals surface area contributed by atoms with Crippen molar-refractivity contribution in [3.05, 3.63) is 0 Å². The third-order valence-corrected chi connectivity index (χ3v) is 4.06. The molecule has 2 N–H and O–H groups in total. The Labute approximate surface area is 103 Å². The zero-order chi connectivity index (χ0) is 12.3. The van der Waals surface area contributed by atoms with Crippen molar-refractivity contribution in [3.8, 4) is 0 Å². The van der Waals surface area contributed by atoms with Gasteiger partial charge in [-0.05, 0) is 52.1 Å². The quantitative estimate of drug-likeness (QED) is 0.711. The number of aliphatic hydroxyl groups is 1. The molecule has 0 aromatic rings. The third-order valence-electron chi connectivity index (χ3n) is 4.06. The summed E-state index contributed by atoms with van der Waals surface area (Å²) in [6.07, 6.45) is 4.37. The molecule has 4 nitrogen and oxygen atoms in total. The molecule has 0 radical (unpaired) electrons. The highest BCUT2D eigenvalue weighted by Crippen LogP contribution is 2.23. The van der Waals surface area contributed by atoms with Gasteiger partial charge in [0.25, 0.3) is 0 Å². The Hall–Kier alpha value is -0.610. The molecule has 0 spiro atoms. The lowest BCUT2D eigenvalue weighted by atomic mass is 9.96. The van der Waals surface area contributed by atoms with Crippen molar-refractivity contribution >= 4 is 5.91 Å². The van der Waals surface area contributed by atoms with Gasteiger partial charge in [0.1, 0.15) is 0 Å². The van der Waals surface area contributed by atoms with E-state index in [2.05, 4.69) is 5.32 Å². The number of carbonyl (C=O) groups excluding carboxylic acids is 1. The van der Waals surface area contributed by atoms with Crippen LogP contribution in [0, 0.1) is 5.92 Å². The van der Waals surface area contributed by atoms with Crippen LogP contribution in [-0.4, -0.2) is 47.7 Å². The maximum absolute atomic E-state index is 12.3. The van der Waals surface area contributed by atoms with Crippen molar-refractivity contribution in [2.24, 2.45) is 5.92 Å². The highest BCUT2D eigenvalue weighted by atomic mass is 16.3. The number of nitrogens with zero attached hydrogens (tertiary/aromatic N) is 1. The van der Waals surface area contributed by atoms with Crippen molar-refractivity contribution in [1.29, 1.82) is 0 Å². The molecule has 0 bridgehead atoms. The van der Waals surface area contributed by atoms with Crippen LogP contribution in [0.15, 0.2) is 0 Å². The van der Waals surface area contributed by atoms with Crippen LogP contribution < -0.4 is 5.32 Å². The predicted octanol–water partition coefficient (Wildman–Crippen LogP) is 0.749. The van der Waals surface area contributed by atoms with Gasteiger partial charge in [-0.15, -0.1) is 0 Å². The third kappa shape index (κ3) is 3.42. The first-order valence-corrected chi connectivity index (χ1v) is 6.80. The molecular weight excluding hydrogens is 216 g/mol. The van der Waals surface area contributed by atoms with E-state index >= 15 is 0 Å². The SMILES string of the molecule is CC1(O)CCCN(C(=O)C2CCNCC2)CC1.